The summed E-state index contributed by atoms with van der Waals surface area (Å²) in [6, 6.07) is 1.53. The third kappa shape index (κ3) is 3.18. The average Bonchev–Trinajstić information content (AvgIpc) is 2.26. The van der Waals surface area contributed by atoms with Crippen LogP contribution in [0, 0.1) is 23.0 Å². The molecule has 88 valence electrons. The number of rotatable bonds is 5. The molecule has 1 unspecified atom stereocenters. The zero-order valence-corrected chi connectivity index (χ0v) is 9.86. The summed E-state index contributed by atoms with van der Waals surface area (Å²) in [5.74, 6) is 0.832. The molecule has 0 aromatic carbocycles. The number of anilines is 1. The summed E-state index contributed by atoms with van der Waals surface area (Å²) >= 11 is 0. The van der Waals surface area contributed by atoms with E-state index in [4.69, 9.17) is 0 Å². The molecular formula is C11H17N3O2. The maximum atomic E-state index is 10.8. The summed E-state index contributed by atoms with van der Waals surface area (Å²) in [5, 5.41) is 13.8. The fraction of sp³-hybridized carbons (Fsp3) is 0.545. The molecule has 5 nitrogen and oxygen atoms in total. The van der Waals surface area contributed by atoms with E-state index in [9.17, 15) is 10.1 Å². The number of nitrogens with one attached hydrogen (secondary N) is 1. The predicted octanol–water partition coefficient (Wildman–Crippen LogP) is 2.76. The molecule has 0 aliphatic rings. The van der Waals surface area contributed by atoms with Crippen LogP contribution in [-0.2, 0) is 0 Å². The van der Waals surface area contributed by atoms with Crippen molar-refractivity contribution >= 4 is 11.5 Å². The zero-order valence-electron chi connectivity index (χ0n) is 9.86. The fourth-order valence-corrected chi connectivity index (χ4v) is 1.24. The lowest BCUT2D eigenvalue weighted by Crippen LogP contribution is -2.12. The Morgan fingerprint density at radius 1 is 1.62 bits per heavy atom. The molecule has 0 bridgehead atoms. The van der Waals surface area contributed by atoms with Crippen molar-refractivity contribution in [3.63, 3.8) is 0 Å². The van der Waals surface area contributed by atoms with Gasteiger partial charge in [0.1, 0.15) is 0 Å². The van der Waals surface area contributed by atoms with Crippen LogP contribution in [0.15, 0.2) is 12.3 Å². The lowest BCUT2D eigenvalue weighted by molar-refractivity contribution is -0.384. The highest BCUT2D eigenvalue weighted by Gasteiger charge is 2.15. The van der Waals surface area contributed by atoms with Crippen molar-refractivity contribution < 1.29 is 4.92 Å². The molecule has 0 aliphatic carbocycles. The Kier molecular flexibility index (Phi) is 4.22. The van der Waals surface area contributed by atoms with Gasteiger partial charge in [0.15, 0.2) is 0 Å². The van der Waals surface area contributed by atoms with Crippen LogP contribution in [0.1, 0.15) is 25.8 Å². The van der Waals surface area contributed by atoms with Crippen LogP contribution in [0.2, 0.25) is 0 Å². The molecule has 0 spiro atoms. The molecule has 16 heavy (non-hydrogen) atoms. The average molecular weight is 223 g/mol. The number of aryl methyl sites for hydroxylation is 1. The molecular weight excluding hydrogens is 206 g/mol. The number of aromatic nitrogens is 1. The van der Waals surface area contributed by atoms with Crippen LogP contribution < -0.4 is 5.32 Å². The van der Waals surface area contributed by atoms with Gasteiger partial charge in [-0.05, 0) is 18.4 Å². The van der Waals surface area contributed by atoms with Crippen molar-refractivity contribution in [2.24, 2.45) is 5.92 Å². The molecule has 1 heterocycles. The first-order valence-corrected chi connectivity index (χ1v) is 5.39. The first-order valence-electron chi connectivity index (χ1n) is 5.39. The molecule has 1 aromatic heterocycles. The minimum absolute atomic E-state index is 0.0447. The minimum atomic E-state index is -0.404. The summed E-state index contributed by atoms with van der Waals surface area (Å²) in [7, 11) is 0. The second kappa shape index (κ2) is 5.44. The van der Waals surface area contributed by atoms with Crippen molar-refractivity contribution in [3.05, 3.63) is 27.9 Å². The quantitative estimate of drug-likeness (QED) is 0.615. The van der Waals surface area contributed by atoms with E-state index in [2.05, 4.69) is 24.1 Å². The van der Waals surface area contributed by atoms with Gasteiger partial charge < -0.3 is 5.32 Å². The molecule has 1 N–H and O–H groups in total. The van der Waals surface area contributed by atoms with E-state index in [-0.39, 0.29) is 5.69 Å². The van der Waals surface area contributed by atoms with Gasteiger partial charge in [0.25, 0.3) is 0 Å². The van der Waals surface area contributed by atoms with Gasteiger partial charge in [-0.1, -0.05) is 20.3 Å². The molecule has 0 saturated carbocycles. The monoisotopic (exact) mass is 223 g/mol. The Labute approximate surface area is 95.0 Å². The van der Waals surface area contributed by atoms with E-state index < -0.39 is 4.92 Å². The Hall–Kier alpha value is -1.65. The highest BCUT2D eigenvalue weighted by molar-refractivity contribution is 5.56. The highest BCUT2D eigenvalue weighted by atomic mass is 16.6. The number of hydrogen-bond donors (Lipinski definition) is 1. The molecule has 1 rings (SSSR count). The van der Waals surface area contributed by atoms with Gasteiger partial charge in [-0.25, -0.2) is 4.98 Å². The predicted molar refractivity (Wildman–Crippen MR) is 63.6 cm³/mol. The van der Waals surface area contributed by atoms with Gasteiger partial charge in [-0.15, -0.1) is 0 Å². The topological polar surface area (TPSA) is 68.1 Å². The molecule has 1 atom stereocenters. The zero-order chi connectivity index (χ0) is 12.1. The van der Waals surface area contributed by atoms with E-state index >= 15 is 0 Å². The Balaban J connectivity index is 2.82. The van der Waals surface area contributed by atoms with Crippen LogP contribution in [0.4, 0.5) is 11.5 Å². The molecule has 0 amide bonds. The largest absolute Gasteiger partial charge is 0.364 e. The smallest absolute Gasteiger partial charge is 0.311 e. The van der Waals surface area contributed by atoms with Crippen LogP contribution in [0.25, 0.3) is 0 Å². The van der Waals surface area contributed by atoms with E-state index in [1.54, 1.807) is 13.1 Å². The van der Waals surface area contributed by atoms with Crippen molar-refractivity contribution in [1.29, 1.82) is 0 Å². The summed E-state index contributed by atoms with van der Waals surface area (Å²) in [6.45, 7) is 6.67. The standard InChI is InChI=1S/C11H17N3O2/c1-4-8(2)6-12-11-10(14(15)16)5-9(3)7-13-11/h5,7-8H,4,6H2,1-3H3,(H,12,13). The van der Waals surface area contributed by atoms with Crippen LogP contribution >= 0.6 is 0 Å². The van der Waals surface area contributed by atoms with Crippen molar-refractivity contribution in [3.8, 4) is 0 Å². The lowest BCUT2D eigenvalue weighted by Gasteiger charge is -2.10. The summed E-state index contributed by atoms with van der Waals surface area (Å²) in [5.41, 5.74) is 0.837. The Morgan fingerprint density at radius 3 is 2.88 bits per heavy atom. The third-order valence-corrected chi connectivity index (χ3v) is 2.52. The van der Waals surface area contributed by atoms with Gasteiger partial charge in [0, 0.05) is 18.8 Å². The molecule has 0 saturated heterocycles. The maximum Gasteiger partial charge on any atom is 0.311 e. The summed E-state index contributed by atoms with van der Waals surface area (Å²) in [6.07, 6.45) is 2.67. The van der Waals surface area contributed by atoms with Gasteiger partial charge in [0.05, 0.1) is 4.92 Å². The molecule has 1 aromatic rings. The number of nitrogens with zero attached hydrogens (tertiary/aromatic N) is 2. The molecule has 0 aliphatic heterocycles. The normalized spacial score (nSPS) is 12.2. The van der Waals surface area contributed by atoms with Gasteiger partial charge in [-0.2, -0.15) is 0 Å². The van der Waals surface area contributed by atoms with E-state index in [0.717, 1.165) is 12.0 Å². The second-order valence-electron chi connectivity index (χ2n) is 4.03. The molecule has 5 heteroatoms. The first-order chi connectivity index (χ1) is 7.54. The van der Waals surface area contributed by atoms with Gasteiger partial charge >= 0.3 is 5.69 Å². The number of nitro groups is 1. The van der Waals surface area contributed by atoms with Crippen molar-refractivity contribution in [2.75, 3.05) is 11.9 Å². The summed E-state index contributed by atoms with van der Waals surface area (Å²) in [4.78, 5) is 14.5. The Morgan fingerprint density at radius 2 is 2.31 bits per heavy atom. The maximum absolute atomic E-state index is 10.8. The van der Waals surface area contributed by atoms with Crippen molar-refractivity contribution in [1.82, 2.24) is 4.98 Å². The van der Waals surface area contributed by atoms with Crippen LogP contribution in [0.3, 0.4) is 0 Å². The van der Waals surface area contributed by atoms with Crippen LogP contribution in [0.5, 0.6) is 0 Å². The lowest BCUT2D eigenvalue weighted by atomic mass is 10.1. The third-order valence-electron chi connectivity index (χ3n) is 2.52. The number of pyridine rings is 1. The second-order valence-corrected chi connectivity index (χ2v) is 4.03. The van der Waals surface area contributed by atoms with Crippen molar-refractivity contribution in [2.45, 2.75) is 27.2 Å². The number of hydrogen-bond acceptors (Lipinski definition) is 4. The highest BCUT2D eigenvalue weighted by Crippen LogP contribution is 2.22. The van der Waals surface area contributed by atoms with E-state index in [1.807, 2.05) is 0 Å². The first kappa shape index (κ1) is 12.4. The van der Waals surface area contributed by atoms with E-state index in [0.29, 0.717) is 18.3 Å². The minimum Gasteiger partial charge on any atom is -0.364 e. The van der Waals surface area contributed by atoms with Gasteiger partial charge in [0.2, 0.25) is 5.82 Å². The van der Waals surface area contributed by atoms with Crippen LogP contribution in [-0.4, -0.2) is 16.5 Å². The SMILES string of the molecule is CCC(C)CNc1ncc(C)cc1[N+](=O)[O-]. The fourth-order valence-electron chi connectivity index (χ4n) is 1.24. The molecule has 0 radical (unpaired) electrons. The summed E-state index contributed by atoms with van der Waals surface area (Å²) < 4.78 is 0. The van der Waals surface area contributed by atoms with Gasteiger partial charge in [-0.3, -0.25) is 10.1 Å². The molecule has 0 fully saturated rings. The van der Waals surface area contributed by atoms with E-state index in [1.165, 1.54) is 6.07 Å². The Bertz CT molecular complexity index is 379.